The maximum atomic E-state index is 15.6. The second-order valence-electron chi connectivity index (χ2n) is 9.26. The number of anilines is 3. The van der Waals surface area contributed by atoms with Crippen molar-refractivity contribution < 1.29 is 32.6 Å². The number of nitrogens with two attached hydrogens (primary N) is 1. The molecule has 0 saturated heterocycles. The molecule has 1 saturated carbocycles. The summed E-state index contributed by atoms with van der Waals surface area (Å²) < 4.78 is 46.0. The highest BCUT2D eigenvalue weighted by Gasteiger charge is 2.57. The monoisotopic (exact) mass is 548 g/mol. The SMILES string of the molecule is CNc1cc(Oc2ccc(N(C(=O)C3(C(N)=O)CC3)c3ccc(F)cc3)cc2F)c2cc(OC)c(OC)cc2n1. The number of nitrogens with one attached hydrogen (secondary N) is 1. The molecule has 3 N–H and O–H groups in total. The number of carbonyl (C=O) groups excluding carboxylic acids is 2. The van der Waals surface area contributed by atoms with Gasteiger partial charge in [-0.2, -0.15) is 0 Å². The molecule has 11 heteroatoms. The van der Waals surface area contributed by atoms with E-state index in [0.29, 0.717) is 34.0 Å². The Morgan fingerprint density at radius 3 is 2.12 bits per heavy atom. The van der Waals surface area contributed by atoms with Gasteiger partial charge in [0.2, 0.25) is 11.8 Å². The minimum absolute atomic E-state index is 0.121. The van der Waals surface area contributed by atoms with Gasteiger partial charge in [-0.05, 0) is 55.3 Å². The van der Waals surface area contributed by atoms with Gasteiger partial charge in [0, 0.05) is 36.3 Å². The number of hydrogen-bond acceptors (Lipinski definition) is 7. The maximum Gasteiger partial charge on any atom is 0.247 e. The van der Waals surface area contributed by atoms with E-state index in [1.54, 1.807) is 25.2 Å². The molecule has 1 fully saturated rings. The van der Waals surface area contributed by atoms with Gasteiger partial charge in [-0.3, -0.25) is 14.5 Å². The molecule has 1 aromatic heterocycles. The van der Waals surface area contributed by atoms with Crippen LogP contribution in [0.1, 0.15) is 12.8 Å². The summed E-state index contributed by atoms with van der Waals surface area (Å²) in [6, 6.07) is 14.0. The third kappa shape index (κ3) is 4.70. The first-order valence-electron chi connectivity index (χ1n) is 12.3. The highest BCUT2D eigenvalue weighted by atomic mass is 19.1. The van der Waals surface area contributed by atoms with E-state index in [2.05, 4.69) is 10.3 Å². The van der Waals surface area contributed by atoms with Gasteiger partial charge in [0.05, 0.1) is 25.4 Å². The number of ether oxygens (including phenoxy) is 3. The molecule has 1 aliphatic carbocycles. The molecule has 0 spiro atoms. The average Bonchev–Trinajstić information content (AvgIpc) is 3.77. The van der Waals surface area contributed by atoms with E-state index < -0.39 is 28.9 Å². The number of aromatic nitrogens is 1. The van der Waals surface area contributed by atoms with Crippen molar-refractivity contribution in [3.8, 4) is 23.0 Å². The molecule has 0 radical (unpaired) electrons. The van der Waals surface area contributed by atoms with E-state index in [1.165, 1.54) is 55.5 Å². The fourth-order valence-corrected chi connectivity index (χ4v) is 4.44. The molecule has 2 amide bonds. The molecule has 0 unspecified atom stereocenters. The van der Waals surface area contributed by atoms with Gasteiger partial charge in [-0.1, -0.05) is 0 Å². The Labute approximate surface area is 228 Å². The van der Waals surface area contributed by atoms with Crippen LogP contribution in [0.15, 0.2) is 60.7 Å². The van der Waals surface area contributed by atoms with Crippen LogP contribution in [-0.2, 0) is 9.59 Å². The van der Waals surface area contributed by atoms with Crippen LogP contribution in [-0.4, -0.2) is 38.1 Å². The zero-order valence-corrected chi connectivity index (χ0v) is 22.0. The lowest BCUT2D eigenvalue weighted by Gasteiger charge is -2.26. The van der Waals surface area contributed by atoms with Gasteiger partial charge in [-0.15, -0.1) is 0 Å². The highest BCUT2D eigenvalue weighted by Crippen LogP contribution is 2.49. The molecule has 206 valence electrons. The zero-order chi connectivity index (χ0) is 28.6. The molecule has 40 heavy (non-hydrogen) atoms. The molecule has 1 aliphatic rings. The van der Waals surface area contributed by atoms with Gasteiger partial charge in [-0.25, -0.2) is 13.8 Å². The number of fused-ring (bicyclic) bond motifs is 1. The Kier molecular flexibility index (Phi) is 6.88. The molecule has 9 nitrogen and oxygen atoms in total. The van der Waals surface area contributed by atoms with Crippen LogP contribution in [0.3, 0.4) is 0 Å². The Hall–Kier alpha value is -4.93. The lowest BCUT2D eigenvalue weighted by Crippen LogP contribution is -2.41. The fourth-order valence-electron chi connectivity index (χ4n) is 4.44. The first kappa shape index (κ1) is 26.7. The summed E-state index contributed by atoms with van der Waals surface area (Å²) in [5, 5.41) is 3.49. The number of carbonyl (C=O) groups is 2. The molecule has 4 aromatic rings. The average molecular weight is 549 g/mol. The summed E-state index contributed by atoms with van der Waals surface area (Å²) in [4.78, 5) is 31.3. The number of pyridine rings is 1. The van der Waals surface area contributed by atoms with Crippen LogP contribution in [0.2, 0.25) is 0 Å². The summed E-state index contributed by atoms with van der Waals surface area (Å²) in [5.74, 6) is -1.13. The number of rotatable bonds is 9. The second-order valence-corrected chi connectivity index (χ2v) is 9.26. The lowest BCUT2D eigenvalue weighted by molar-refractivity contribution is -0.133. The van der Waals surface area contributed by atoms with E-state index in [4.69, 9.17) is 19.9 Å². The highest BCUT2D eigenvalue weighted by molar-refractivity contribution is 6.16. The van der Waals surface area contributed by atoms with Crippen molar-refractivity contribution >= 4 is 39.9 Å². The van der Waals surface area contributed by atoms with E-state index in [0.717, 1.165) is 6.07 Å². The van der Waals surface area contributed by atoms with Crippen molar-refractivity contribution in [2.45, 2.75) is 12.8 Å². The first-order chi connectivity index (χ1) is 19.2. The minimum Gasteiger partial charge on any atom is -0.493 e. The summed E-state index contributed by atoms with van der Waals surface area (Å²) in [5.41, 5.74) is 5.04. The van der Waals surface area contributed by atoms with Crippen molar-refractivity contribution in [1.82, 2.24) is 4.98 Å². The Morgan fingerprint density at radius 2 is 1.55 bits per heavy atom. The van der Waals surface area contributed by atoms with Crippen molar-refractivity contribution in [3.63, 3.8) is 0 Å². The lowest BCUT2D eigenvalue weighted by atomic mass is 10.0. The molecule has 5 rings (SSSR count). The predicted octanol–water partition coefficient (Wildman–Crippen LogP) is 5.29. The topological polar surface area (TPSA) is 116 Å². The number of benzene rings is 3. The summed E-state index contributed by atoms with van der Waals surface area (Å²) in [7, 11) is 4.69. The predicted molar refractivity (Wildman–Crippen MR) is 145 cm³/mol. The van der Waals surface area contributed by atoms with Gasteiger partial charge >= 0.3 is 0 Å². The normalized spacial score (nSPS) is 13.4. The third-order valence-corrected chi connectivity index (χ3v) is 6.84. The van der Waals surface area contributed by atoms with Crippen LogP contribution in [0.5, 0.6) is 23.0 Å². The Morgan fingerprint density at radius 1 is 0.900 bits per heavy atom. The van der Waals surface area contributed by atoms with Gasteiger partial charge in [0.15, 0.2) is 23.1 Å². The van der Waals surface area contributed by atoms with Crippen molar-refractivity contribution in [2.75, 3.05) is 31.5 Å². The maximum absolute atomic E-state index is 15.6. The number of nitrogens with zero attached hydrogens (tertiary/aromatic N) is 2. The van der Waals surface area contributed by atoms with Crippen LogP contribution in [0.4, 0.5) is 26.0 Å². The van der Waals surface area contributed by atoms with Crippen molar-refractivity contribution in [2.24, 2.45) is 11.1 Å². The smallest absolute Gasteiger partial charge is 0.247 e. The van der Waals surface area contributed by atoms with E-state index in [1.807, 2.05) is 0 Å². The third-order valence-electron chi connectivity index (χ3n) is 6.84. The van der Waals surface area contributed by atoms with Crippen molar-refractivity contribution in [1.29, 1.82) is 0 Å². The van der Waals surface area contributed by atoms with E-state index in [-0.39, 0.29) is 30.0 Å². The van der Waals surface area contributed by atoms with Crippen molar-refractivity contribution in [3.05, 3.63) is 72.3 Å². The summed E-state index contributed by atoms with van der Waals surface area (Å²) in [6.07, 6.45) is 0.555. The number of hydrogen-bond donors (Lipinski definition) is 2. The first-order valence-corrected chi connectivity index (χ1v) is 12.3. The number of methoxy groups -OCH3 is 2. The second kappa shape index (κ2) is 10.3. The molecule has 1 heterocycles. The van der Waals surface area contributed by atoms with E-state index >= 15 is 4.39 Å². The fraction of sp³-hybridized carbons (Fsp3) is 0.207. The van der Waals surface area contributed by atoms with Gasteiger partial charge in [0.25, 0.3) is 0 Å². The standard InChI is InChI=1S/C29H26F2N4O5/c1-33-26-15-23(19-13-24(38-2)25(39-3)14-21(19)34-26)40-22-9-8-18(12-20(22)31)35(17-6-4-16(30)5-7-17)28(37)29(10-11-29)27(32)36/h4-9,12-15H,10-11H2,1-3H3,(H2,32,36)(H,33,34). The van der Waals surface area contributed by atoms with Gasteiger partial charge < -0.3 is 25.3 Å². The molecule has 0 atom stereocenters. The van der Waals surface area contributed by atoms with Crippen LogP contribution < -0.4 is 30.2 Å². The van der Waals surface area contributed by atoms with Gasteiger partial charge in [0.1, 0.15) is 22.8 Å². The largest absolute Gasteiger partial charge is 0.493 e. The Balaban J connectivity index is 1.55. The quantitative estimate of drug-likeness (QED) is 0.273. The number of halogens is 2. The molecular weight excluding hydrogens is 522 g/mol. The number of amides is 2. The number of primary amides is 1. The van der Waals surface area contributed by atoms with Crippen LogP contribution in [0.25, 0.3) is 10.9 Å². The molecule has 3 aromatic carbocycles. The van der Waals surface area contributed by atoms with E-state index in [9.17, 15) is 14.0 Å². The Bertz CT molecular complexity index is 1620. The molecule has 0 aliphatic heterocycles. The molecule has 0 bridgehead atoms. The minimum atomic E-state index is -1.39. The van der Waals surface area contributed by atoms with Crippen LogP contribution in [0, 0.1) is 17.0 Å². The molecular formula is C29H26F2N4O5. The summed E-state index contributed by atoms with van der Waals surface area (Å²) >= 11 is 0. The van der Waals surface area contributed by atoms with Crippen LogP contribution >= 0.6 is 0 Å². The summed E-state index contributed by atoms with van der Waals surface area (Å²) in [6.45, 7) is 0. The zero-order valence-electron chi connectivity index (χ0n) is 22.0.